The van der Waals surface area contributed by atoms with E-state index in [9.17, 15) is 0 Å². The number of hydrogen-bond acceptors (Lipinski definition) is 5. The van der Waals surface area contributed by atoms with Crippen LogP contribution in [0.15, 0.2) is 0 Å². The molecule has 0 aliphatic carbocycles. The van der Waals surface area contributed by atoms with Gasteiger partial charge in [0.25, 0.3) is 0 Å². The standard InChI is InChI=1S/C17H38Ge2O5/c1-13-14(2)16(4,5)23-18(8,20-9)12-19(21-10,22-11)24-17(6,7)15(13)3/h13-15H,12H2,1-11H3. The molecule has 0 N–H and O–H groups in total. The first-order chi connectivity index (χ1) is 10.8. The van der Waals surface area contributed by atoms with Gasteiger partial charge in [-0.25, -0.2) is 0 Å². The molecule has 0 bridgehead atoms. The second kappa shape index (κ2) is 7.86. The summed E-state index contributed by atoms with van der Waals surface area (Å²) in [5.41, 5.74) is -0.592. The monoisotopic (exact) mass is 470 g/mol. The Balaban J connectivity index is 3.44. The fraction of sp³-hybridized carbons (Fsp3) is 1.00. The molecule has 4 unspecified atom stereocenters. The van der Waals surface area contributed by atoms with Crippen molar-refractivity contribution in [2.24, 2.45) is 17.8 Å². The van der Waals surface area contributed by atoms with Gasteiger partial charge in [-0.3, -0.25) is 0 Å². The van der Waals surface area contributed by atoms with Crippen LogP contribution in [0.2, 0.25) is 9.84 Å². The zero-order valence-corrected chi connectivity index (χ0v) is 21.7. The van der Waals surface area contributed by atoms with Crippen LogP contribution in [0.1, 0.15) is 48.5 Å². The topological polar surface area (TPSA) is 46.2 Å². The fourth-order valence-electron chi connectivity index (χ4n) is 3.73. The first kappa shape index (κ1) is 22.9. The van der Waals surface area contributed by atoms with Crippen LogP contribution in [0, 0.1) is 17.8 Å². The molecule has 0 aromatic heterocycles. The van der Waals surface area contributed by atoms with Gasteiger partial charge >= 0.3 is 156 Å². The molecule has 4 atom stereocenters. The van der Waals surface area contributed by atoms with Gasteiger partial charge in [0.2, 0.25) is 0 Å². The molecule has 1 heterocycles. The summed E-state index contributed by atoms with van der Waals surface area (Å²) in [6.07, 6.45) is 0. The van der Waals surface area contributed by atoms with Crippen LogP contribution in [0.25, 0.3) is 0 Å². The van der Waals surface area contributed by atoms with Crippen molar-refractivity contribution in [3.63, 3.8) is 0 Å². The Kier molecular flexibility index (Phi) is 7.51. The molecule has 5 nitrogen and oxygen atoms in total. The SMILES string of the molecule is C[O][Ge]1([CH3])[CH2][Ge]([O]C)([O]C)[O]C(C)(C)C(C)C(C)C(C)C(C)(C)[O]1. The molecule has 0 aromatic rings. The van der Waals surface area contributed by atoms with Gasteiger partial charge in [0.1, 0.15) is 0 Å². The van der Waals surface area contributed by atoms with Gasteiger partial charge < -0.3 is 0 Å². The molecular formula is C17H38Ge2O5. The van der Waals surface area contributed by atoms with E-state index in [-0.39, 0.29) is 11.2 Å². The molecular weight excluding hydrogens is 429 g/mol. The third-order valence-corrected chi connectivity index (χ3v) is 28.4. The van der Waals surface area contributed by atoms with Crippen molar-refractivity contribution in [2.45, 2.75) is 69.5 Å². The molecule has 1 aliphatic heterocycles. The van der Waals surface area contributed by atoms with E-state index in [0.29, 0.717) is 21.8 Å². The van der Waals surface area contributed by atoms with E-state index in [4.69, 9.17) is 18.8 Å². The van der Waals surface area contributed by atoms with Crippen LogP contribution in [0.5, 0.6) is 0 Å². The van der Waals surface area contributed by atoms with Gasteiger partial charge in [-0.15, -0.1) is 0 Å². The Morgan fingerprint density at radius 2 is 1.21 bits per heavy atom. The molecule has 1 rings (SSSR count). The Morgan fingerprint density at radius 1 is 0.792 bits per heavy atom. The molecule has 144 valence electrons. The van der Waals surface area contributed by atoms with Gasteiger partial charge in [0, 0.05) is 0 Å². The minimum absolute atomic E-state index is 0.263. The van der Waals surface area contributed by atoms with Crippen LogP contribution in [0.3, 0.4) is 0 Å². The van der Waals surface area contributed by atoms with Crippen molar-refractivity contribution >= 4 is 28.2 Å². The molecule has 24 heavy (non-hydrogen) atoms. The van der Waals surface area contributed by atoms with Crippen molar-refractivity contribution in [2.75, 3.05) is 21.3 Å². The summed E-state index contributed by atoms with van der Waals surface area (Å²) in [7, 11) is 5.15. The molecule has 7 heteroatoms. The summed E-state index contributed by atoms with van der Waals surface area (Å²) < 4.78 is 31.7. The molecule has 0 radical (unpaired) electrons. The second-order valence-electron chi connectivity index (χ2n) is 8.45. The van der Waals surface area contributed by atoms with Crippen LogP contribution < -0.4 is 0 Å². The molecule has 1 aliphatic rings. The normalized spacial score (nSPS) is 39.4. The number of rotatable bonds is 3. The predicted molar refractivity (Wildman–Crippen MR) is 101 cm³/mol. The maximum absolute atomic E-state index is 6.68. The minimum atomic E-state index is -3.49. The summed E-state index contributed by atoms with van der Waals surface area (Å²) in [5, 5.41) is 0. The van der Waals surface area contributed by atoms with E-state index in [1.807, 2.05) is 0 Å². The predicted octanol–water partition coefficient (Wildman–Crippen LogP) is 3.99. The Bertz CT molecular complexity index is 425. The van der Waals surface area contributed by atoms with Crippen molar-refractivity contribution in [3.05, 3.63) is 0 Å². The molecule has 0 spiro atoms. The van der Waals surface area contributed by atoms with E-state index in [1.54, 1.807) is 21.3 Å². The zero-order valence-electron chi connectivity index (χ0n) is 17.5. The van der Waals surface area contributed by atoms with E-state index in [1.165, 1.54) is 0 Å². The average Bonchev–Trinajstić information content (AvgIpc) is 2.50. The fourth-order valence-corrected chi connectivity index (χ4v) is 27.1. The van der Waals surface area contributed by atoms with Crippen LogP contribution in [-0.4, -0.2) is 60.7 Å². The molecule has 1 fully saturated rings. The van der Waals surface area contributed by atoms with Crippen molar-refractivity contribution in [1.29, 1.82) is 0 Å². The van der Waals surface area contributed by atoms with Crippen molar-refractivity contribution < 1.29 is 18.8 Å². The second-order valence-corrected chi connectivity index (χ2v) is 24.1. The van der Waals surface area contributed by atoms with Crippen LogP contribution in [-0.2, 0) is 18.8 Å². The maximum atomic E-state index is 6.68. The molecule has 0 amide bonds. The Hall–Kier alpha value is 0.886. The van der Waals surface area contributed by atoms with Gasteiger partial charge in [-0.1, -0.05) is 0 Å². The van der Waals surface area contributed by atoms with E-state index < -0.39 is 28.2 Å². The van der Waals surface area contributed by atoms with Crippen LogP contribution >= 0.6 is 0 Å². The quantitative estimate of drug-likeness (QED) is 0.588. The van der Waals surface area contributed by atoms with E-state index in [2.05, 4.69) is 54.2 Å². The van der Waals surface area contributed by atoms with Gasteiger partial charge in [-0.2, -0.15) is 0 Å². The van der Waals surface area contributed by atoms with Gasteiger partial charge in [-0.05, 0) is 0 Å². The van der Waals surface area contributed by atoms with Gasteiger partial charge in [0.15, 0.2) is 0 Å². The van der Waals surface area contributed by atoms with E-state index >= 15 is 0 Å². The van der Waals surface area contributed by atoms with Crippen molar-refractivity contribution in [3.8, 4) is 0 Å². The average molecular weight is 468 g/mol. The summed E-state index contributed by atoms with van der Waals surface area (Å²) in [6, 6.07) is 0. The first-order valence-electron chi connectivity index (χ1n) is 8.84. The zero-order chi connectivity index (χ0) is 19.0. The first-order valence-corrected chi connectivity index (χ1v) is 18.2. The van der Waals surface area contributed by atoms with Gasteiger partial charge in [0.05, 0.1) is 0 Å². The van der Waals surface area contributed by atoms with Crippen molar-refractivity contribution in [1.82, 2.24) is 0 Å². The molecule has 1 saturated heterocycles. The van der Waals surface area contributed by atoms with E-state index in [0.717, 1.165) is 0 Å². The third kappa shape index (κ3) is 4.78. The Morgan fingerprint density at radius 3 is 1.58 bits per heavy atom. The third-order valence-electron chi connectivity index (χ3n) is 6.26. The summed E-state index contributed by atoms with van der Waals surface area (Å²) in [6.45, 7) is 15.5. The summed E-state index contributed by atoms with van der Waals surface area (Å²) in [5.74, 6) is 3.27. The molecule has 0 aromatic carbocycles. The Labute approximate surface area is 155 Å². The molecule has 0 saturated carbocycles. The van der Waals surface area contributed by atoms with Crippen LogP contribution in [0.4, 0.5) is 0 Å². The summed E-state index contributed by atoms with van der Waals surface area (Å²) in [4.78, 5) is 0. The number of hydrogen-bond donors (Lipinski definition) is 0. The summed E-state index contributed by atoms with van der Waals surface area (Å²) >= 11 is -6.59.